The van der Waals surface area contributed by atoms with Gasteiger partial charge in [0.25, 0.3) is 0 Å². The van der Waals surface area contributed by atoms with Crippen molar-refractivity contribution in [1.82, 2.24) is 9.38 Å². The van der Waals surface area contributed by atoms with Gasteiger partial charge in [0.15, 0.2) is 0 Å². The minimum atomic E-state index is 0.619. The van der Waals surface area contributed by atoms with Gasteiger partial charge < -0.3 is 0 Å². The summed E-state index contributed by atoms with van der Waals surface area (Å²) < 4.78 is 2.54. The Balaban J connectivity index is 2.88. The maximum absolute atomic E-state index is 5.97. The second-order valence-corrected chi connectivity index (χ2v) is 3.74. The van der Waals surface area contributed by atoms with Gasteiger partial charge in [0, 0.05) is 6.20 Å². The number of rotatable bonds is 0. The van der Waals surface area contributed by atoms with E-state index in [1.807, 2.05) is 29.7 Å². The molecular formula is C8H6BrClN2. The first kappa shape index (κ1) is 8.08. The van der Waals surface area contributed by atoms with Crippen LogP contribution >= 0.6 is 27.5 Å². The van der Waals surface area contributed by atoms with Crippen molar-refractivity contribution in [3.8, 4) is 0 Å². The third-order valence-electron chi connectivity index (χ3n) is 1.67. The van der Waals surface area contributed by atoms with Gasteiger partial charge in [0.2, 0.25) is 0 Å². The molecule has 0 saturated heterocycles. The molecule has 0 aliphatic carbocycles. The summed E-state index contributed by atoms with van der Waals surface area (Å²) >= 11 is 9.24. The summed E-state index contributed by atoms with van der Waals surface area (Å²) in [6, 6.07) is 3.94. The highest BCUT2D eigenvalue weighted by Crippen LogP contribution is 2.23. The van der Waals surface area contributed by atoms with Gasteiger partial charge in [-0.05, 0) is 34.5 Å². The fourth-order valence-electron chi connectivity index (χ4n) is 1.09. The van der Waals surface area contributed by atoms with Crippen LogP contribution in [0.4, 0.5) is 0 Å². The number of halogens is 2. The van der Waals surface area contributed by atoms with Gasteiger partial charge in [-0.15, -0.1) is 0 Å². The molecule has 0 spiro atoms. The SMILES string of the molecule is Cc1ccc2nc(Br)c(Cl)n2c1. The predicted molar refractivity (Wildman–Crippen MR) is 52.6 cm³/mol. The van der Waals surface area contributed by atoms with E-state index < -0.39 is 0 Å². The molecule has 0 unspecified atom stereocenters. The molecule has 0 radical (unpaired) electrons. The second-order valence-electron chi connectivity index (χ2n) is 2.63. The number of aryl methyl sites for hydroxylation is 1. The van der Waals surface area contributed by atoms with Crippen LogP contribution in [0, 0.1) is 6.92 Å². The van der Waals surface area contributed by atoms with Crippen LogP contribution in [-0.4, -0.2) is 9.38 Å². The van der Waals surface area contributed by atoms with Gasteiger partial charge in [-0.1, -0.05) is 17.7 Å². The first-order chi connectivity index (χ1) is 5.68. The zero-order valence-corrected chi connectivity index (χ0v) is 8.72. The highest BCUT2D eigenvalue weighted by atomic mass is 79.9. The summed E-state index contributed by atoms with van der Waals surface area (Å²) in [7, 11) is 0. The van der Waals surface area contributed by atoms with Crippen LogP contribution < -0.4 is 0 Å². The molecule has 2 aromatic rings. The molecule has 0 aromatic carbocycles. The number of imidazole rings is 1. The Labute approximate surface area is 83.3 Å². The molecule has 0 amide bonds. The van der Waals surface area contributed by atoms with E-state index >= 15 is 0 Å². The standard InChI is InChI=1S/C8H6BrClN2/c1-5-2-3-6-11-7(9)8(10)12(6)4-5/h2-4H,1H3. The minimum Gasteiger partial charge on any atom is -0.289 e. The van der Waals surface area contributed by atoms with Crippen molar-refractivity contribution in [2.75, 3.05) is 0 Å². The Morgan fingerprint density at radius 1 is 1.50 bits per heavy atom. The molecule has 2 aromatic heterocycles. The van der Waals surface area contributed by atoms with Crippen LogP contribution in [0.3, 0.4) is 0 Å². The average Bonchev–Trinajstić information content (AvgIpc) is 2.31. The molecule has 2 heterocycles. The lowest BCUT2D eigenvalue weighted by Crippen LogP contribution is -1.84. The molecule has 62 valence electrons. The van der Waals surface area contributed by atoms with Crippen LogP contribution in [-0.2, 0) is 0 Å². The van der Waals surface area contributed by atoms with Crippen molar-refractivity contribution in [1.29, 1.82) is 0 Å². The van der Waals surface area contributed by atoms with E-state index in [9.17, 15) is 0 Å². The molecule has 0 atom stereocenters. The number of fused-ring (bicyclic) bond motifs is 1. The smallest absolute Gasteiger partial charge is 0.147 e. The van der Waals surface area contributed by atoms with Gasteiger partial charge in [-0.25, -0.2) is 4.98 Å². The molecule has 2 rings (SSSR count). The first-order valence-corrected chi connectivity index (χ1v) is 4.65. The van der Waals surface area contributed by atoms with Crippen LogP contribution in [0.1, 0.15) is 5.56 Å². The van der Waals surface area contributed by atoms with Crippen molar-refractivity contribution in [3.05, 3.63) is 33.6 Å². The van der Waals surface area contributed by atoms with Gasteiger partial charge in [0.05, 0.1) is 0 Å². The summed E-state index contributed by atoms with van der Waals surface area (Å²) in [6.45, 7) is 2.02. The number of pyridine rings is 1. The average molecular weight is 246 g/mol. The van der Waals surface area contributed by atoms with E-state index in [0.717, 1.165) is 11.2 Å². The van der Waals surface area contributed by atoms with E-state index in [1.54, 1.807) is 0 Å². The zero-order valence-electron chi connectivity index (χ0n) is 6.38. The van der Waals surface area contributed by atoms with Crippen molar-refractivity contribution in [2.24, 2.45) is 0 Å². The molecule has 12 heavy (non-hydrogen) atoms. The van der Waals surface area contributed by atoms with Crippen LogP contribution in [0.25, 0.3) is 5.65 Å². The monoisotopic (exact) mass is 244 g/mol. The van der Waals surface area contributed by atoms with Crippen molar-refractivity contribution < 1.29 is 0 Å². The summed E-state index contributed by atoms with van der Waals surface area (Å²) in [5.41, 5.74) is 2.02. The van der Waals surface area contributed by atoms with Gasteiger partial charge in [0.1, 0.15) is 15.4 Å². The van der Waals surface area contributed by atoms with E-state index in [2.05, 4.69) is 20.9 Å². The van der Waals surface area contributed by atoms with Crippen LogP contribution in [0.5, 0.6) is 0 Å². The van der Waals surface area contributed by atoms with E-state index in [4.69, 9.17) is 11.6 Å². The fraction of sp³-hybridized carbons (Fsp3) is 0.125. The van der Waals surface area contributed by atoms with E-state index in [-0.39, 0.29) is 0 Å². The van der Waals surface area contributed by atoms with Crippen molar-refractivity contribution >= 4 is 33.2 Å². The summed E-state index contributed by atoms with van der Waals surface area (Å²) in [5.74, 6) is 0. The second kappa shape index (κ2) is 2.75. The number of nitrogens with zero attached hydrogens (tertiary/aromatic N) is 2. The summed E-state index contributed by atoms with van der Waals surface area (Å²) in [5, 5.41) is 0.619. The normalized spacial score (nSPS) is 10.9. The lowest BCUT2D eigenvalue weighted by Gasteiger charge is -1.95. The molecular weight excluding hydrogens is 239 g/mol. The van der Waals surface area contributed by atoms with E-state index in [1.165, 1.54) is 0 Å². The fourth-order valence-corrected chi connectivity index (χ4v) is 1.64. The first-order valence-electron chi connectivity index (χ1n) is 3.48. The minimum absolute atomic E-state index is 0.619. The zero-order chi connectivity index (χ0) is 8.72. The summed E-state index contributed by atoms with van der Waals surface area (Å²) in [6.07, 6.45) is 1.95. The third-order valence-corrected chi connectivity index (χ3v) is 2.81. The molecule has 2 nitrogen and oxygen atoms in total. The lowest BCUT2D eigenvalue weighted by atomic mass is 10.3. The van der Waals surface area contributed by atoms with Gasteiger partial charge in [-0.2, -0.15) is 0 Å². The highest BCUT2D eigenvalue weighted by molar-refractivity contribution is 9.10. The van der Waals surface area contributed by atoms with Crippen molar-refractivity contribution in [3.63, 3.8) is 0 Å². The maximum Gasteiger partial charge on any atom is 0.147 e. The Morgan fingerprint density at radius 3 is 3.00 bits per heavy atom. The highest BCUT2D eigenvalue weighted by Gasteiger charge is 2.05. The number of hydrogen-bond acceptors (Lipinski definition) is 1. The Morgan fingerprint density at radius 2 is 2.25 bits per heavy atom. The Kier molecular flexibility index (Phi) is 1.85. The molecule has 0 bridgehead atoms. The van der Waals surface area contributed by atoms with Crippen LogP contribution in [0.2, 0.25) is 5.15 Å². The van der Waals surface area contributed by atoms with E-state index in [0.29, 0.717) is 9.76 Å². The van der Waals surface area contributed by atoms with Gasteiger partial charge >= 0.3 is 0 Å². The molecule has 0 fully saturated rings. The largest absolute Gasteiger partial charge is 0.289 e. The topological polar surface area (TPSA) is 17.3 Å². The quantitative estimate of drug-likeness (QED) is 0.697. The molecule has 0 aliphatic heterocycles. The summed E-state index contributed by atoms with van der Waals surface area (Å²) in [4.78, 5) is 4.20. The van der Waals surface area contributed by atoms with Gasteiger partial charge in [-0.3, -0.25) is 4.40 Å². The molecule has 0 aliphatic rings. The molecule has 0 N–H and O–H groups in total. The third kappa shape index (κ3) is 1.13. The Bertz CT molecular complexity index is 436. The number of hydrogen-bond donors (Lipinski definition) is 0. The lowest BCUT2D eigenvalue weighted by molar-refractivity contribution is 1.16. The molecule has 0 saturated carbocycles. The Hall–Kier alpha value is -0.540. The maximum atomic E-state index is 5.97. The van der Waals surface area contributed by atoms with Crippen molar-refractivity contribution in [2.45, 2.75) is 6.92 Å². The molecule has 4 heteroatoms. The predicted octanol–water partition coefficient (Wildman–Crippen LogP) is 3.06. The number of aromatic nitrogens is 2. The van der Waals surface area contributed by atoms with Crippen LogP contribution in [0.15, 0.2) is 22.9 Å².